The number of allylic oxidation sites excluding steroid dienone is 4. The lowest BCUT2D eigenvalue weighted by Crippen LogP contribution is -2.07. The summed E-state index contributed by atoms with van der Waals surface area (Å²) in [5, 5.41) is 0. The fourth-order valence-electron chi connectivity index (χ4n) is 1.40. The molecule has 1 unspecified atom stereocenters. The zero-order valence-electron chi connectivity index (χ0n) is 7.55. The quantitative estimate of drug-likeness (QED) is 0.591. The summed E-state index contributed by atoms with van der Waals surface area (Å²) in [4.78, 5) is 0. The molecule has 1 aliphatic rings. The molecule has 11 heavy (non-hydrogen) atoms. The molecule has 1 nitrogen and oxygen atoms in total. The third-order valence-corrected chi connectivity index (χ3v) is 1.96. The second-order valence-electron chi connectivity index (χ2n) is 3.12. The Morgan fingerprint density at radius 2 is 2.27 bits per heavy atom. The fraction of sp³-hybridized carbons (Fsp3) is 0.600. The van der Waals surface area contributed by atoms with Gasteiger partial charge >= 0.3 is 0 Å². The van der Waals surface area contributed by atoms with Gasteiger partial charge in [-0.25, -0.2) is 0 Å². The molecule has 1 aliphatic carbocycles. The minimum absolute atomic E-state index is 0.569. The van der Waals surface area contributed by atoms with Gasteiger partial charge in [-0.1, -0.05) is 18.6 Å². The summed E-state index contributed by atoms with van der Waals surface area (Å²) < 4.78 is 5.46. The van der Waals surface area contributed by atoms with Gasteiger partial charge in [0, 0.05) is 5.92 Å². The molecule has 0 aromatic carbocycles. The van der Waals surface area contributed by atoms with E-state index in [9.17, 15) is 0 Å². The average molecular weight is 152 g/mol. The van der Waals surface area contributed by atoms with Gasteiger partial charge in [0.15, 0.2) is 0 Å². The van der Waals surface area contributed by atoms with Crippen molar-refractivity contribution in [1.82, 2.24) is 0 Å². The summed E-state index contributed by atoms with van der Waals surface area (Å²) >= 11 is 0. The van der Waals surface area contributed by atoms with Crippen LogP contribution in [0.1, 0.15) is 27.2 Å². The predicted molar refractivity (Wildman–Crippen MR) is 47.2 cm³/mol. The third-order valence-electron chi connectivity index (χ3n) is 1.96. The normalized spacial score (nSPS) is 24.1. The largest absolute Gasteiger partial charge is 0.498 e. The van der Waals surface area contributed by atoms with Gasteiger partial charge < -0.3 is 4.74 Å². The summed E-state index contributed by atoms with van der Waals surface area (Å²) in [7, 11) is 0. The van der Waals surface area contributed by atoms with Crippen LogP contribution in [0.4, 0.5) is 0 Å². The smallest absolute Gasteiger partial charge is 0.0990 e. The Morgan fingerprint density at radius 3 is 2.82 bits per heavy atom. The highest BCUT2D eigenvalue weighted by Crippen LogP contribution is 2.24. The molecule has 0 fully saturated rings. The van der Waals surface area contributed by atoms with Crippen molar-refractivity contribution in [2.75, 3.05) is 6.61 Å². The third kappa shape index (κ3) is 2.11. The average Bonchev–Trinajstić information content (AvgIpc) is 1.95. The lowest BCUT2D eigenvalue weighted by Gasteiger charge is -2.19. The topological polar surface area (TPSA) is 9.23 Å². The molecule has 1 atom stereocenters. The summed E-state index contributed by atoms with van der Waals surface area (Å²) in [6, 6.07) is 0. The van der Waals surface area contributed by atoms with Crippen molar-refractivity contribution < 1.29 is 4.74 Å². The monoisotopic (exact) mass is 152 g/mol. The first-order valence-electron chi connectivity index (χ1n) is 4.24. The molecule has 0 radical (unpaired) electrons. The number of hydrogen-bond donors (Lipinski definition) is 0. The summed E-state index contributed by atoms with van der Waals surface area (Å²) in [6.07, 6.45) is 5.38. The van der Waals surface area contributed by atoms with Gasteiger partial charge in [-0.05, 0) is 26.3 Å². The highest BCUT2D eigenvalue weighted by molar-refractivity contribution is 5.21. The molecule has 0 aromatic heterocycles. The van der Waals surface area contributed by atoms with E-state index in [0.29, 0.717) is 5.92 Å². The van der Waals surface area contributed by atoms with E-state index < -0.39 is 0 Å². The molecule has 0 aromatic rings. The first-order chi connectivity index (χ1) is 5.24. The van der Waals surface area contributed by atoms with Crippen molar-refractivity contribution >= 4 is 0 Å². The Labute approximate surface area is 68.8 Å². The standard InChI is InChI=1S/C10H16O/c1-4-11-10-6-5-8(2)7-9(10)3/h5-6,9H,4,7H2,1-3H3. The Kier molecular flexibility index (Phi) is 2.75. The number of rotatable bonds is 2. The molecule has 62 valence electrons. The van der Waals surface area contributed by atoms with E-state index >= 15 is 0 Å². The number of ether oxygens (including phenoxy) is 1. The van der Waals surface area contributed by atoms with Gasteiger partial charge in [0.05, 0.1) is 12.4 Å². The van der Waals surface area contributed by atoms with Gasteiger partial charge in [-0.2, -0.15) is 0 Å². The molecule has 0 amide bonds. The van der Waals surface area contributed by atoms with Gasteiger partial charge in [-0.3, -0.25) is 0 Å². The molecule has 0 heterocycles. The van der Waals surface area contributed by atoms with Gasteiger partial charge in [0.2, 0.25) is 0 Å². The minimum atomic E-state index is 0.569. The summed E-state index contributed by atoms with van der Waals surface area (Å²) in [6.45, 7) is 7.18. The Morgan fingerprint density at radius 1 is 1.55 bits per heavy atom. The Bertz CT molecular complexity index is 189. The van der Waals surface area contributed by atoms with Crippen LogP contribution < -0.4 is 0 Å². The predicted octanol–water partition coefficient (Wildman–Crippen LogP) is 2.89. The highest BCUT2D eigenvalue weighted by Gasteiger charge is 2.12. The van der Waals surface area contributed by atoms with Crippen LogP contribution in [0.3, 0.4) is 0 Å². The van der Waals surface area contributed by atoms with Gasteiger partial charge in [0.25, 0.3) is 0 Å². The summed E-state index contributed by atoms with van der Waals surface area (Å²) in [5.74, 6) is 1.71. The number of hydrogen-bond acceptors (Lipinski definition) is 1. The van der Waals surface area contributed by atoms with Crippen LogP contribution >= 0.6 is 0 Å². The van der Waals surface area contributed by atoms with Crippen LogP contribution in [0.2, 0.25) is 0 Å². The first-order valence-corrected chi connectivity index (χ1v) is 4.24. The molecular weight excluding hydrogens is 136 g/mol. The maximum absolute atomic E-state index is 5.46. The van der Waals surface area contributed by atoms with E-state index in [1.165, 1.54) is 5.57 Å². The Balaban J connectivity index is 2.62. The molecule has 0 saturated carbocycles. The molecule has 0 saturated heterocycles. The van der Waals surface area contributed by atoms with E-state index in [1.807, 2.05) is 6.92 Å². The molecule has 0 spiro atoms. The Hall–Kier alpha value is -0.720. The molecule has 1 rings (SSSR count). The zero-order chi connectivity index (χ0) is 8.27. The van der Waals surface area contributed by atoms with Crippen LogP contribution in [-0.2, 0) is 4.74 Å². The van der Waals surface area contributed by atoms with Crippen LogP contribution in [-0.4, -0.2) is 6.61 Å². The summed E-state index contributed by atoms with van der Waals surface area (Å²) in [5.41, 5.74) is 1.45. The van der Waals surface area contributed by atoms with Crippen molar-refractivity contribution in [2.24, 2.45) is 5.92 Å². The first kappa shape index (κ1) is 8.38. The maximum atomic E-state index is 5.46. The van der Waals surface area contributed by atoms with Gasteiger partial charge in [0.1, 0.15) is 0 Å². The van der Waals surface area contributed by atoms with Crippen molar-refractivity contribution in [1.29, 1.82) is 0 Å². The molecule has 1 heteroatoms. The van der Waals surface area contributed by atoms with E-state index in [1.54, 1.807) is 0 Å². The zero-order valence-corrected chi connectivity index (χ0v) is 7.55. The van der Waals surface area contributed by atoms with Crippen molar-refractivity contribution in [3.8, 4) is 0 Å². The van der Waals surface area contributed by atoms with Crippen molar-refractivity contribution in [2.45, 2.75) is 27.2 Å². The van der Waals surface area contributed by atoms with E-state index in [-0.39, 0.29) is 0 Å². The van der Waals surface area contributed by atoms with Crippen LogP contribution in [0.5, 0.6) is 0 Å². The van der Waals surface area contributed by atoms with Crippen LogP contribution in [0.15, 0.2) is 23.5 Å². The second-order valence-corrected chi connectivity index (χ2v) is 3.12. The highest BCUT2D eigenvalue weighted by atomic mass is 16.5. The molecule has 0 N–H and O–H groups in total. The van der Waals surface area contributed by atoms with E-state index in [0.717, 1.165) is 18.8 Å². The SMILES string of the molecule is CCOC1=CC=C(C)CC1C. The van der Waals surface area contributed by atoms with Crippen LogP contribution in [0, 0.1) is 5.92 Å². The molecular formula is C10H16O. The van der Waals surface area contributed by atoms with Gasteiger partial charge in [-0.15, -0.1) is 0 Å². The maximum Gasteiger partial charge on any atom is 0.0990 e. The van der Waals surface area contributed by atoms with E-state index in [4.69, 9.17) is 4.74 Å². The van der Waals surface area contributed by atoms with Crippen LogP contribution in [0.25, 0.3) is 0 Å². The minimum Gasteiger partial charge on any atom is -0.498 e. The fourth-order valence-corrected chi connectivity index (χ4v) is 1.40. The van der Waals surface area contributed by atoms with Crippen molar-refractivity contribution in [3.63, 3.8) is 0 Å². The molecule has 0 aliphatic heterocycles. The van der Waals surface area contributed by atoms with E-state index in [2.05, 4.69) is 26.0 Å². The van der Waals surface area contributed by atoms with Crippen molar-refractivity contribution in [3.05, 3.63) is 23.5 Å². The molecule has 0 bridgehead atoms. The lowest BCUT2D eigenvalue weighted by atomic mass is 9.95. The second kappa shape index (κ2) is 3.61. The lowest BCUT2D eigenvalue weighted by molar-refractivity contribution is 0.193.